The molecule has 4 nitrogen and oxygen atoms in total. The van der Waals surface area contributed by atoms with E-state index in [0.29, 0.717) is 23.5 Å². The van der Waals surface area contributed by atoms with E-state index in [1.165, 1.54) is 0 Å². The highest BCUT2D eigenvalue weighted by atomic mass is 16.5. The van der Waals surface area contributed by atoms with E-state index in [1.54, 1.807) is 38.8 Å². The van der Waals surface area contributed by atoms with Crippen molar-refractivity contribution in [1.82, 2.24) is 4.98 Å². The third-order valence-electron chi connectivity index (χ3n) is 3.61. The van der Waals surface area contributed by atoms with Crippen LogP contribution in [0.2, 0.25) is 0 Å². The van der Waals surface area contributed by atoms with Gasteiger partial charge in [0.25, 0.3) is 0 Å². The number of carbonyl (C=O) groups is 1. The van der Waals surface area contributed by atoms with Gasteiger partial charge in [-0.25, -0.2) is 0 Å². The number of aromatic nitrogens is 1. The molecule has 1 fully saturated rings. The fourth-order valence-electron chi connectivity index (χ4n) is 2.48. The Morgan fingerprint density at radius 2 is 1.79 bits per heavy atom. The minimum Gasteiger partial charge on any atom is -0.493 e. The Bertz CT molecular complexity index is 776. The second-order valence-corrected chi connectivity index (χ2v) is 4.92. The number of hydrogen-bond donors (Lipinski definition) is 0. The van der Waals surface area contributed by atoms with Crippen LogP contribution < -0.4 is 0 Å². The molecule has 0 saturated heterocycles. The molecule has 124 valence electrons. The minimum absolute atomic E-state index is 0.000356. The van der Waals surface area contributed by atoms with Crippen LogP contribution in [0.15, 0.2) is 70.6 Å². The van der Waals surface area contributed by atoms with Crippen molar-refractivity contribution >= 4 is 11.9 Å². The molecule has 0 aliphatic heterocycles. The average Bonchev–Trinajstić information content (AvgIpc) is 2.82. The Morgan fingerprint density at radius 3 is 2.42 bits per heavy atom. The molecule has 24 heavy (non-hydrogen) atoms. The molecule has 0 bridgehead atoms. The summed E-state index contributed by atoms with van der Waals surface area (Å²) >= 11 is 0. The standard InChI is InChI=1S/C18H15NO3.C2H6/c1-21-16-4-3-13-10-14(9-12-5-7-19-8-6-12)18(20)15(13)11-17(16)22-2;1-2/h4-9,11H,10H2,1-2H3;1-2H3/b14-9+;. The first-order valence-corrected chi connectivity index (χ1v) is 7.88. The van der Waals surface area contributed by atoms with Crippen LogP contribution in [-0.4, -0.2) is 25.0 Å². The van der Waals surface area contributed by atoms with Gasteiger partial charge in [0.05, 0.1) is 14.2 Å². The third-order valence-corrected chi connectivity index (χ3v) is 3.61. The molecule has 0 spiro atoms. The first-order chi connectivity index (χ1) is 11.7. The van der Waals surface area contributed by atoms with Crippen molar-refractivity contribution in [2.45, 2.75) is 20.3 Å². The van der Waals surface area contributed by atoms with Crippen LogP contribution in [0.4, 0.5) is 0 Å². The molecule has 1 aromatic heterocycles. The average molecular weight is 323 g/mol. The monoisotopic (exact) mass is 323 g/mol. The van der Waals surface area contributed by atoms with Gasteiger partial charge in [-0.05, 0) is 29.8 Å². The highest BCUT2D eigenvalue weighted by Gasteiger charge is 2.29. The zero-order chi connectivity index (χ0) is 17.5. The number of ketones is 1. The number of allylic oxidation sites excluding steroid dienone is 4. The zero-order valence-electron chi connectivity index (χ0n) is 14.4. The van der Waals surface area contributed by atoms with Crippen LogP contribution in [-0.2, 0) is 14.3 Å². The summed E-state index contributed by atoms with van der Waals surface area (Å²) in [6.07, 6.45) is 9.29. The first kappa shape index (κ1) is 17.5. The van der Waals surface area contributed by atoms with E-state index in [-0.39, 0.29) is 5.78 Å². The van der Waals surface area contributed by atoms with Crippen LogP contribution >= 0.6 is 0 Å². The molecule has 1 saturated carbocycles. The molecule has 2 aliphatic rings. The molecular formula is C20H21NO3. The number of pyridine rings is 1. The van der Waals surface area contributed by atoms with Crippen LogP contribution in [0.25, 0.3) is 6.08 Å². The summed E-state index contributed by atoms with van der Waals surface area (Å²) in [5.74, 6) is 1.09. The summed E-state index contributed by atoms with van der Waals surface area (Å²) in [5.41, 5.74) is 6.31. The smallest absolute Gasteiger partial charge is 0.190 e. The van der Waals surface area contributed by atoms with E-state index in [1.807, 2.05) is 32.1 Å². The predicted octanol–water partition coefficient (Wildman–Crippen LogP) is 3.99. The van der Waals surface area contributed by atoms with Crippen LogP contribution in [0.1, 0.15) is 25.8 Å². The summed E-state index contributed by atoms with van der Waals surface area (Å²) < 4.78 is 10.5. The van der Waals surface area contributed by atoms with Gasteiger partial charge < -0.3 is 9.47 Å². The molecule has 1 heterocycles. The van der Waals surface area contributed by atoms with Crippen molar-refractivity contribution in [3.05, 3.63) is 76.2 Å². The Balaban J connectivity index is 0.00000100. The number of fused-ring (bicyclic) bond motifs is 1. The summed E-state index contributed by atoms with van der Waals surface area (Å²) in [7, 11) is 3.12. The molecule has 0 N–H and O–H groups in total. The Kier molecular flexibility index (Phi) is 5.94. The highest BCUT2D eigenvalue weighted by Crippen LogP contribution is 2.35. The number of hydrogen-bond acceptors (Lipinski definition) is 4. The molecule has 0 radical (unpaired) electrons. The Labute approximate surface area is 142 Å². The molecule has 0 atom stereocenters. The SMILES string of the molecule is CC.COC1=C(OC)C=C2C(=O)/C(=C/c3ccncc3)CC2=C=C1. The van der Waals surface area contributed by atoms with Crippen molar-refractivity contribution in [2.75, 3.05) is 14.2 Å². The maximum Gasteiger partial charge on any atom is 0.190 e. The summed E-state index contributed by atoms with van der Waals surface area (Å²) in [5, 5.41) is 0. The van der Waals surface area contributed by atoms with Gasteiger partial charge in [-0.1, -0.05) is 13.8 Å². The van der Waals surface area contributed by atoms with E-state index in [2.05, 4.69) is 10.7 Å². The van der Waals surface area contributed by atoms with Gasteiger partial charge in [-0.2, -0.15) is 0 Å². The molecule has 0 amide bonds. The molecule has 0 unspecified atom stereocenters. The predicted molar refractivity (Wildman–Crippen MR) is 93.9 cm³/mol. The molecular weight excluding hydrogens is 302 g/mol. The lowest BCUT2D eigenvalue weighted by molar-refractivity contribution is -0.111. The largest absolute Gasteiger partial charge is 0.493 e. The molecule has 0 aromatic carbocycles. The van der Waals surface area contributed by atoms with Gasteiger partial charge in [0.1, 0.15) is 0 Å². The van der Waals surface area contributed by atoms with Gasteiger partial charge in [-0.15, -0.1) is 5.73 Å². The molecule has 1 aromatic rings. The van der Waals surface area contributed by atoms with Crippen molar-refractivity contribution in [3.8, 4) is 0 Å². The second kappa shape index (κ2) is 8.14. The number of nitrogens with zero attached hydrogens (tertiary/aromatic N) is 1. The summed E-state index contributed by atoms with van der Waals surface area (Å²) in [6.45, 7) is 4.00. The number of ether oxygens (including phenoxy) is 2. The van der Waals surface area contributed by atoms with E-state index < -0.39 is 0 Å². The van der Waals surface area contributed by atoms with E-state index in [0.717, 1.165) is 16.7 Å². The minimum atomic E-state index is -0.000356. The quantitative estimate of drug-likeness (QED) is 0.623. The lowest BCUT2D eigenvalue weighted by Crippen LogP contribution is -1.99. The van der Waals surface area contributed by atoms with E-state index in [9.17, 15) is 4.79 Å². The normalized spacial score (nSPS) is 17.5. The fraction of sp³-hybridized carbons (Fsp3) is 0.250. The number of rotatable bonds is 3. The molecule has 2 aliphatic carbocycles. The van der Waals surface area contributed by atoms with Crippen LogP contribution in [0, 0.1) is 0 Å². The highest BCUT2D eigenvalue weighted by molar-refractivity contribution is 6.17. The second-order valence-electron chi connectivity index (χ2n) is 4.92. The topological polar surface area (TPSA) is 48.4 Å². The van der Waals surface area contributed by atoms with Gasteiger partial charge in [0.2, 0.25) is 0 Å². The van der Waals surface area contributed by atoms with Crippen LogP contribution in [0.5, 0.6) is 0 Å². The third kappa shape index (κ3) is 3.55. The van der Waals surface area contributed by atoms with Gasteiger partial charge in [-0.3, -0.25) is 9.78 Å². The summed E-state index contributed by atoms with van der Waals surface area (Å²) in [6, 6.07) is 3.74. The number of carbonyl (C=O) groups excluding carboxylic acids is 1. The molecule has 4 heteroatoms. The van der Waals surface area contributed by atoms with E-state index >= 15 is 0 Å². The Hall–Kier alpha value is -2.84. The van der Waals surface area contributed by atoms with Crippen molar-refractivity contribution in [2.24, 2.45) is 0 Å². The first-order valence-electron chi connectivity index (χ1n) is 7.88. The van der Waals surface area contributed by atoms with Gasteiger partial charge >= 0.3 is 0 Å². The maximum absolute atomic E-state index is 12.6. The lowest BCUT2D eigenvalue weighted by atomic mass is 10.1. The molecule has 3 rings (SSSR count). The van der Waals surface area contributed by atoms with Crippen molar-refractivity contribution in [1.29, 1.82) is 0 Å². The van der Waals surface area contributed by atoms with Gasteiger partial charge in [0.15, 0.2) is 17.3 Å². The number of Topliss-reactive ketones (excluding diaryl/α,β-unsaturated/α-hetero) is 1. The Morgan fingerprint density at radius 1 is 1.12 bits per heavy atom. The fourth-order valence-corrected chi connectivity index (χ4v) is 2.48. The number of methoxy groups -OCH3 is 2. The van der Waals surface area contributed by atoms with Crippen LogP contribution in [0.3, 0.4) is 0 Å². The lowest BCUT2D eigenvalue weighted by Gasteiger charge is -2.05. The van der Waals surface area contributed by atoms with Gasteiger partial charge in [0, 0.05) is 41.6 Å². The van der Waals surface area contributed by atoms with Crippen molar-refractivity contribution in [3.63, 3.8) is 0 Å². The van der Waals surface area contributed by atoms with E-state index in [4.69, 9.17) is 9.47 Å². The maximum atomic E-state index is 12.6. The zero-order valence-corrected chi connectivity index (χ0v) is 14.4. The summed E-state index contributed by atoms with van der Waals surface area (Å²) in [4.78, 5) is 16.6. The van der Waals surface area contributed by atoms with Crippen molar-refractivity contribution < 1.29 is 14.3 Å².